The summed E-state index contributed by atoms with van der Waals surface area (Å²) in [7, 11) is -1.74. The van der Waals surface area contributed by atoms with Crippen molar-refractivity contribution >= 4 is 10.0 Å². The third-order valence-corrected chi connectivity index (χ3v) is 7.40. The molecule has 146 valence electrons. The standard InChI is InChI=1S/C19H26N4O3S/c1-13(2)19-21-18(12-22(19)3)27(24,25)23-14-4-5-15(23)11-17(10-14)26-16-6-8-20-9-7-16/h6-9,12-15,17H,4-5,10-11H2,1-3H3. The second kappa shape index (κ2) is 6.91. The van der Waals surface area contributed by atoms with Crippen molar-refractivity contribution in [2.75, 3.05) is 0 Å². The van der Waals surface area contributed by atoms with Gasteiger partial charge in [0.1, 0.15) is 17.7 Å². The molecule has 7 nitrogen and oxygen atoms in total. The van der Waals surface area contributed by atoms with E-state index in [1.54, 1.807) is 22.9 Å². The minimum atomic E-state index is -3.59. The van der Waals surface area contributed by atoms with Gasteiger partial charge in [0.2, 0.25) is 0 Å². The molecule has 2 bridgehead atoms. The van der Waals surface area contributed by atoms with Gasteiger partial charge in [-0.05, 0) is 25.0 Å². The van der Waals surface area contributed by atoms with Crippen LogP contribution in [-0.2, 0) is 17.1 Å². The Kier molecular flexibility index (Phi) is 4.71. The summed E-state index contributed by atoms with van der Waals surface area (Å²) >= 11 is 0. The van der Waals surface area contributed by atoms with Gasteiger partial charge in [-0.15, -0.1) is 0 Å². The molecule has 0 N–H and O–H groups in total. The molecule has 2 unspecified atom stereocenters. The lowest BCUT2D eigenvalue weighted by atomic mass is 10.0. The Hall–Kier alpha value is -1.93. The predicted molar refractivity (Wildman–Crippen MR) is 101 cm³/mol. The van der Waals surface area contributed by atoms with Gasteiger partial charge in [-0.2, -0.15) is 4.31 Å². The number of piperidine rings is 1. The lowest BCUT2D eigenvalue weighted by Crippen LogP contribution is -2.49. The van der Waals surface area contributed by atoms with E-state index in [2.05, 4.69) is 9.97 Å². The predicted octanol–water partition coefficient (Wildman–Crippen LogP) is 2.70. The summed E-state index contributed by atoms with van der Waals surface area (Å²) in [6.45, 7) is 4.04. The van der Waals surface area contributed by atoms with E-state index in [0.29, 0.717) is 12.8 Å². The molecule has 4 rings (SSSR count). The van der Waals surface area contributed by atoms with E-state index in [0.717, 1.165) is 24.4 Å². The molecular weight excluding hydrogens is 364 g/mol. The first-order chi connectivity index (χ1) is 12.9. The summed E-state index contributed by atoms with van der Waals surface area (Å²) in [4.78, 5) is 8.44. The summed E-state index contributed by atoms with van der Waals surface area (Å²) in [6.07, 6.45) is 8.27. The monoisotopic (exact) mass is 390 g/mol. The zero-order chi connectivity index (χ0) is 19.2. The number of fused-ring (bicyclic) bond motifs is 2. The van der Waals surface area contributed by atoms with Crippen LogP contribution in [0.15, 0.2) is 35.7 Å². The molecule has 0 aromatic carbocycles. The fourth-order valence-corrected chi connectivity index (χ4v) is 6.29. The Morgan fingerprint density at radius 2 is 1.78 bits per heavy atom. The van der Waals surface area contributed by atoms with Crippen molar-refractivity contribution < 1.29 is 13.2 Å². The highest BCUT2D eigenvalue weighted by Gasteiger charge is 2.48. The van der Waals surface area contributed by atoms with Gasteiger partial charge < -0.3 is 9.30 Å². The Morgan fingerprint density at radius 3 is 2.33 bits per heavy atom. The number of aromatic nitrogens is 3. The molecule has 2 saturated heterocycles. The molecule has 0 saturated carbocycles. The first-order valence-corrected chi connectivity index (χ1v) is 10.9. The van der Waals surface area contributed by atoms with E-state index in [1.807, 2.05) is 37.6 Å². The molecule has 2 fully saturated rings. The van der Waals surface area contributed by atoms with Crippen LogP contribution in [0, 0.1) is 0 Å². The van der Waals surface area contributed by atoms with Crippen molar-refractivity contribution in [2.24, 2.45) is 7.05 Å². The van der Waals surface area contributed by atoms with Gasteiger partial charge in [-0.1, -0.05) is 13.8 Å². The van der Waals surface area contributed by atoms with Crippen LogP contribution >= 0.6 is 0 Å². The number of hydrogen-bond acceptors (Lipinski definition) is 5. The first-order valence-electron chi connectivity index (χ1n) is 9.49. The van der Waals surface area contributed by atoms with E-state index < -0.39 is 10.0 Å². The van der Waals surface area contributed by atoms with Crippen LogP contribution in [-0.4, -0.2) is 45.4 Å². The summed E-state index contributed by atoms with van der Waals surface area (Å²) in [5.74, 6) is 1.75. The van der Waals surface area contributed by atoms with Gasteiger partial charge in [0.25, 0.3) is 10.0 Å². The number of imidazole rings is 1. The third-order valence-electron chi connectivity index (χ3n) is 5.52. The van der Waals surface area contributed by atoms with Crippen LogP contribution in [0.3, 0.4) is 0 Å². The lowest BCUT2D eigenvalue weighted by Gasteiger charge is -2.37. The maximum absolute atomic E-state index is 13.3. The van der Waals surface area contributed by atoms with Gasteiger partial charge in [0, 0.05) is 56.5 Å². The second-order valence-corrected chi connectivity index (χ2v) is 9.61. The van der Waals surface area contributed by atoms with Crippen molar-refractivity contribution in [3.05, 3.63) is 36.5 Å². The van der Waals surface area contributed by atoms with Crippen LogP contribution in [0.5, 0.6) is 5.75 Å². The van der Waals surface area contributed by atoms with Gasteiger partial charge >= 0.3 is 0 Å². The van der Waals surface area contributed by atoms with Crippen LogP contribution in [0.1, 0.15) is 51.3 Å². The fourth-order valence-electron chi connectivity index (χ4n) is 4.40. The highest BCUT2D eigenvalue weighted by atomic mass is 32.2. The molecule has 2 aliphatic rings. The largest absolute Gasteiger partial charge is 0.490 e. The van der Waals surface area contributed by atoms with Crippen molar-refractivity contribution in [3.8, 4) is 5.75 Å². The number of pyridine rings is 1. The van der Waals surface area contributed by atoms with E-state index >= 15 is 0 Å². The van der Waals surface area contributed by atoms with Crippen molar-refractivity contribution in [2.45, 2.75) is 68.7 Å². The van der Waals surface area contributed by atoms with Gasteiger partial charge in [-0.3, -0.25) is 4.98 Å². The Labute approximate surface area is 160 Å². The first kappa shape index (κ1) is 18.4. The van der Waals surface area contributed by atoms with E-state index in [1.165, 1.54) is 0 Å². The lowest BCUT2D eigenvalue weighted by molar-refractivity contribution is 0.0954. The van der Waals surface area contributed by atoms with Crippen LogP contribution in [0.25, 0.3) is 0 Å². The summed E-state index contributed by atoms with van der Waals surface area (Å²) < 4.78 is 36.2. The molecule has 0 amide bonds. The van der Waals surface area contributed by atoms with Crippen molar-refractivity contribution in [1.82, 2.24) is 18.8 Å². The average molecular weight is 391 g/mol. The topological polar surface area (TPSA) is 77.3 Å². The zero-order valence-electron chi connectivity index (χ0n) is 15.9. The fraction of sp³-hybridized carbons (Fsp3) is 0.579. The Balaban J connectivity index is 1.54. The molecule has 0 spiro atoms. The highest BCUT2D eigenvalue weighted by molar-refractivity contribution is 7.89. The van der Waals surface area contributed by atoms with Crippen LogP contribution < -0.4 is 4.74 Å². The van der Waals surface area contributed by atoms with Crippen LogP contribution in [0.4, 0.5) is 0 Å². The zero-order valence-corrected chi connectivity index (χ0v) is 16.8. The molecule has 0 radical (unpaired) electrons. The number of hydrogen-bond donors (Lipinski definition) is 0. The van der Waals surface area contributed by atoms with E-state index in [-0.39, 0.29) is 29.1 Å². The number of nitrogens with zero attached hydrogens (tertiary/aromatic N) is 4. The SMILES string of the molecule is CC(C)c1nc(S(=O)(=O)N2C3CCC2CC(Oc2ccncc2)C3)cn1C. The van der Waals surface area contributed by atoms with E-state index in [9.17, 15) is 8.42 Å². The molecule has 2 aliphatic heterocycles. The summed E-state index contributed by atoms with van der Waals surface area (Å²) in [5.41, 5.74) is 0. The molecule has 2 aromatic heterocycles. The maximum Gasteiger partial charge on any atom is 0.262 e. The van der Waals surface area contributed by atoms with Crippen LogP contribution in [0.2, 0.25) is 0 Å². The summed E-state index contributed by atoms with van der Waals surface area (Å²) in [5, 5.41) is 0.166. The van der Waals surface area contributed by atoms with Gasteiger partial charge in [0.05, 0.1) is 0 Å². The molecule has 2 aromatic rings. The molecule has 4 heterocycles. The Morgan fingerprint density at radius 1 is 1.15 bits per heavy atom. The minimum absolute atomic E-state index is 0.0231. The quantitative estimate of drug-likeness (QED) is 0.784. The highest BCUT2D eigenvalue weighted by Crippen LogP contribution is 2.40. The second-order valence-electron chi connectivity index (χ2n) is 7.82. The molecule has 0 aliphatic carbocycles. The minimum Gasteiger partial charge on any atom is -0.490 e. The molecule has 27 heavy (non-hydrogen) atoms. The number of aryl methyl sites for hydroxylation is 1. The maximum atomic E-state index is 13.3. The molecule has 8 heteroatoms. The molecular formula is C19H26N4O3S. The number of rotatable bonds is 5. The average Bonchev–Trinajstić information content (AvgIpc) is 3.15. The third kappa shape index (κ3) is 3.36. The Bertz CT molecular complexity index is 896. The van der Waals surface area contributed by atoms with Crippen molar-refractivity contribution in [1.29, 1.82) is 0 Å². The normalized spacial score (nSPS) is 25.9. The van der Waals surface area contributed by atoms with Crippen molar-refractivity contribution in [3.63, 3.8) is 0 Å². The summed E-state index contributed by atoms with van der Waals surface area (Å²) in [6, 6.07) is 3.63. The number of sulfonamides is 1. The smallest absolute Gasteiger partial charge is 0.262 e. The van der Waals surface area contributed by atoms with Gasteiger partial charge in [-0.25, -0.2) is 13.4 Å². The molecule has 2 atom stereocenters. The number of ether oxygens (including phenoxy) is 1. The van der Waals surface area contributed by atoms with E-state index in [4.69, 9.17) is 4.74 Å². The van der Waals surface area contributed by atoms with Gasteiger partial charge in [0.15, 0.2) is 5.03 Å².